The van der Waals surface area contributed by atoms with Crippen LogP contribution in [0.4, 0.5) is 16.2 Å². The third kappa shape index (κ3) is 6.63. The summed E-state index contributed by atoms with van der Waals surface area (Å²) in [5.74, 6) is 0.00617. The number of aromatic nitrogens is 1. The number of carbonyl (C=O) groups excluding carboxylic acids is 2. The lowest BCUT2D eigenvalue weighted by Crippen LogP contribution is -2.23. The van der Waals surface area contributed by atoms with Gasteiger partial charge in [0.1, 0.15) is 0 Å². The Bertz CT molecular complexity index is 1230. The number of rotatable bonds is 8. The molecule has 0 aliphatic heterocycles. The standard InChI is InChI=1S/C26H26N4O2S/c1-18-7-4-9-20(15-18)28-26(32)29-21-10-5-8-19(16-21)17-27-24(31)13-6-14-25-30-22-11-2-3-12-23(22)33-25/h2-5,7-12,15-16H,6,13-14,17H2,1H3,(H,27,31)(H2,28,29,32). The zero-order chi connectivity index (χ0) is 23.0. The zero-order valence-electron chi connectivity index (χ0n) is 18.4. The number of hydrogen-bond acceptors (Lipinski definition) is 4. The third-order valence-electron chi connectivity index (χ3n) is 5.08. The minimum Gasteiger partial charge on any atom is -0.352 e. The first-order valence-corrected chi connectivity index (χ1v) is 11.7. The van der Waals surface area contributed by atoms with Gasteiger partial charge >= 0.3 is 6.03 Å². The van der Waals surface area contributed by atoms with Gasteiger partial charge in [-0.2, -0.15) is 0 Å². The molecule has 3 N–H and O–H groups in total. The van der Waals surface area contributed by atoms with E-state index in [1.165, 1.54) is 4.70 Å². The van der Waals surface area contributed by atoms with Crippen LogP contribution in [0.2, 0.25) is 0 Å². The predicted octanol–water partition coefficient (Wildman–Crippen LogP) is 5.89. The molecule has 1 aromatic heterocycles. The summed E-state index contributed by atoms with van der Waals surface area (Å²) in [4.78, 5) is 29.1. The van der Waals surface area contributed by atoms with Crippen LogP contribution in [0.3, 0.4) is 0 Å². The van der Waals surface area contributed by atoms with E-state index in [1.807, 2.05) is 73.7 Å². The summed E-state index contributed by atoms with van der Waals surface area (Å²) in [5.41, 5.74) is 4.42. The Morgan fingerprint density at radius 2 is 1.67 bits per heavy atom. The van der Waals surface area contributed by atoms with E-state index in [1.54, 1.807) is 11.3 Å². The molecule has 0 saturated carbocycles. The lowest BCUT2D eigenvalue weighted by atomic mass is 10.2. The summed E-state index contributed by atoms with van der Waals surface area (Å²) < 4.78 is 1.18. The Balaban J connectivity index is 1.21. The van der Waals surface area contributed by atoms with Crippen LogP contribution in [0.15, 0.2) is 72.8 Å². The number of para-hydroxylation sites is 1. The van der Waals surface area contributed by atoms with E-state index in [0.717, 1.165) is 40.2 Å². The van der Waals surface area contributed by atoms with Crippen molar-refractivity contribution in [3.8, 4) is 0 Å². The number of hydrogen-bond donors (Lipinski definition) is 3. The molecule has 168 valence electrons. The van der Waals surface area contributed by atoms with Crippen molar-refractivity contribution >= 4 is 44.9 Å². The van der Waals surface area contributed by atoms with Gasteiger partial charge in [-0.25, -0.2) is 9.78 Å². The van der Waals surface area contributed by atoms with Crippen LogP contribution in [0.1, 0.15) is 29.0 Å². The van der Waals surface area contributed by atoms with Crippen LogP contribution in [-0.4, -0.2) is 16.9 Å². The maximum atomic E-state index is 12.3. The summed E-state index contributed by atoms with van der Waals surface area (Å²) in [7, 11) is 0. The first kappa shape index (κ1) is 22.5. The lowest BCUT2D eigenvalue weighted by Gasteiger charge is -2.10. The number of amides is 3. The van der Waals surface area contributed by atoms with Crippen molar-refractivity contribution in [2.45, 2.75) is 32.7 Å². The molecule has 3 amide bonds. The monoisotopic (exact) mass is 458 g/mol. The smallest absolute Gasteiger partial charge is 0.323 e. The molecule has 33 heavy (non-hydrogen) atoms. The average Bonchev–Trinajstić information content (AvgIpc) is 3.21. The van der Waals surface area contributed by atoms with E-state index in [9.17, 15) is 9.59 Å². The van der Waals surface area contributed by atoms with Crippen LogP contribution < -0.4 is 16.0 Å². The van der Waals surface area contributed by atoms with Gasteiger partial charge in [-0.1, -0.05) is 36.4 Å². The summed E-state index contributed by atoms with van der Waals surface area (Å²) >= 11 is 1.68. The second kappa shape index (κ2) is 10.7. The van der Waals surface area contributed by atoms with Gasteiger partial charge in [0, 0.05) is 24.3 Å². The fourth-order valence-electron chi connectivity index (χ4n) is 3.49. The fourth-order valence-corrected chi connectivity index (χ4v) is 4.50. The van der Waals surface area contributed by atoms with Crippen LogP contribution in [0.25, 0.3) is 10.2 Å². The number of nitrogens with zero attached hydrogens (tertiary/aromatic N) is 1. The molecule has 0 saturated heterocycles. The van der Waals surface area contributed by atoms with Gasteiger partial charge in [-0.05, 0) is 67.3 Å². The first-order valence-electron chi connectivity index (χ1n) is 10.9. The number of thiazole rings is 1. The van der Waals surface area contributed by atoms with Crippen LogP contribution in [-0.2, 0) is 17.8 Å². The van der Waals surface area contributed by atoms with Crippen molar-refractivity contribution in [3.05, 3.63) is 88.9 Å². The Morgan fingerprint density at radius 1 is 0.909 bits per heavy atom. The van der Waals surface area contributed by atoms with E-state index in [2.05, 4.69) is 27.0 Å². The van der Waals surface area contributed by atoms with Gasteiger partial charge < -0.3 is 16.0 Å². The lowest BCUT2D eigenvalue weighted by molar-refractivity contribution is -0.121. The second-order valence-corrected chi connectivity index (χ2v) is 8.97. The van der Waals surface area contributed by atoms with Crippen molar-refractivity contribution in [1.29, 1.82) is 0 Å². The fraction of sp³-hybridized carbons (Fsp3) is 0.192. The van der Waals surface area contributed by atoms with Crippen molar-refractivity contribution < 1.29 is 9.59 Å². The Kier molecular flexibility index (Phi) is 7.32. The maximum absolute atomic E-state index is 12.3. The van der Waals surface area contributed by atoms with Crippen LogP contribution in [0, 0.1) is 6.92 Å². The van der Waals surface area contributed by atoms with E-state index in [0.29, 0.717) is 18.7 Å². The molecule has 7 heteroatoms. The number of anilines is 2. The predicted molar refractivity (Wildman–Crippen MR) is 135 cm³/mol. The van der Waals surface area contributed by atoms with Crippen molar-refractivity contribution in [2.75, 3.05) is 10.6 Å². The number of urea groups is 1. The van der Waals surface area contributed by atoms with Gasteiger partial charge in [0.2, 0.25) is 5.91 Å². The average molecular weight is 459 g/mol. The molecule has 0 spiro atoms. The highest BCUT2D eigenvalue weighted by atomic mass is 32.1. The first-order chi connectivity index (χ1) is 16.0. The SMILES string of the molecule is Cc1cccc(NC(=O)Nc2cccc(CNC(=O)CCCc3nc4ccccc4s3)c2)c1. The largest absolute Gasteiger partial charge is 0.352 e. The summed E-state index contributed by atoms with van der Waals surface area (Å²) in [6, 6.07) is 22.8. The molecular formula is C26H26N4O2S. The topological polar surface area (TPSA) is 83.1 Å². The highest BCUT2D eigenvalue weighted by molar-refractivity contribution is 7.18. The van der Waals surface area contributed by atoms with Gasteiger partial charge in [0.25, 0.3) is 0 Å². The molecule has 3 aromatic carbocycles. The highest BCUT2D eigenvalue weighted by Gasteiger charge is 2.07. The molecule has 0 aliphatic carbocycles. The second-order valence-electron chi connectivity index (χ2n) is 7.85. The molecule has 0 radical (unpaired) electrons. The molecule has 0 aliphatic rings. The van der Waals surface area contributed by atoms with Crippen LogP contribution in [0.5, 0.6) is 0 Å². The summed E-state index contributed by atoms with van der Waals surface area (Å²) in [5, 5.41) is 9.67. The minimum atomic E-state index is -0.309. The molecule has 0 unspecified atom stereocenters. The van der Waals surface area contributed by atoms with E-state index < -0.39 is 0 Å². The minimum absolute atomic E-state index is 0.00617. The number of fused-ring (bicyclic) bond motifs is 1. The van der Waals surface area contributed by atoms with Crippen molar-refractivity contribution in [1.82, 2.24) is 10.3 Å². The van der Waals surface area contributed by atoms with Gasteiger partial charge in [0.05, 0.1) is 15.2 Å². The Hall–Kier alpha value is -3.71. The van der Waals surface area contributed by atoms with Crippen LogP contribution >= 0.6 is 11.3 Å². The van der Waals surface area contributed by atoms with E-state index in [-0.39, 0.29) is 11.9 Å². The molecule has 0 bridgehead atoms. The van der Waals surface area contributed by atoms with Gasteiger partial charge in [-0.15, -0.1) is 11.3 Å². The number of carbonyl (C=O) groups is 2. The van der Waals surface area contributed by atoms with Gasteiger partial charge in [-0.3, -0.25) is 4.79 Å². The third-order valence-corrected chi connectivity index (χ3v) is 6.18. The molecule has 0 atom stereocenters. The number of nitrogens with one attached hydrogen (secondary N) is 3. The molecule has 1 heterocycles. The normalized spacial score (nSPS) is 10.7. The maximum Gasteiger partial charge on any atom is 0.323 e. The van der Waals surface area contributed by atoms with E-state index >= 15 is 0 Å². The Labute approximate surface area is 197 Å². The molecule has 6 nitrogen and oxygen atoms in total. The van der Waals surface area contributed by atoms with E-state index in [4.69, 9.17) is 0 Å². The number of benzene rings is 3. The molecule has 4 aromatic rings. The zero-order valence-corrected chi connectivity index (χ0v) is 19.2. The molecular weight excluding hydrogens is 432 g/mol. The summed E-state index contributed by atoms with van der Waals surface area (Å²) in [6.07, 6.45) is 2.00. The van der Waals surface area contributed by atoms with Gasteiger partial charge in [0.15, 0.2) is 0 Å². The Morgan fingerprint density at radius 3 is 2.45 bits per heavy atom. The summed E-state index contributed by atoms with van der Waals surface area (Å²) in [6.45, 7) is 2.39. The van der Waals surface area contributed by atoms with Crippen molar-refractivity contribution in [2.24, 2.45) is 0 Å². The quantitative estimate of drug-likeness (QED) is 0.308. The molecule has 4 rings (SSSR count). The van der Waals surface area contributed by atoms with Crippen molar-refractivity contribution in [3.63, 3.8) is 0 Å². The highest BCUT2D eigenvalue weighted by Crippen LogP contribution is 2.22. The molecule has 0 fully saturated rings. The number of aryl methyl sites for hydroxylation is 2.